The molecule has 0 bridgehead atoms. The van der Waals surface area contributed by atoms with Crippen molar-refractivity contribution in [1.82, 2.24) is 5.32 Å². The van der Waals surface area contributed by atoms with Crippen molar-refractivity contribution in [2.45, 2.75) is 6.04 Å². The van der Waals surface area contributed by atoms with E-state index >= 15 is 0 Å². The van der Waals surface area contributed by atoms with Gasteiger partial charge in [0.1, 0.15) is 11.0 Å². The summed E-state index contributed by atoms with van der Waals surface area (Å²) in [5, 5.41) is 2.48. The first-order valence-electron chi connectivity index (χ1n) is 6.31. The average Bonchev–Trinajstić information content (AvgIpc) is 2.49. The van der Waals surface area contributed by atoms with Gasteiger partial charge in [0.15, 0.2) is 11.6 Å². The number of morpholine rings is 1. The zero-order valence-corrected chi connectivity index (χ0v) is 12.2. The SMILES string of the molecule is CNC(=O)C1COCCN1c1ccc(C(N)=S)c(F)c1F. The lowest BCUT2D eigenvalue weighted by molar-refractivity contribution is -0.124. The number of amides is 1. The number of rotatable bonds is 3. The molecule has 3 N–H and O–H groups in total. The number of nitrogens with one attached hydrogen (secondary N) is 1. The van der Waals surface area contributed by atoms with E-state index in [-0.39, 0.29) is 35.3 Å². The van der Waals surface area contributed by atoms with E-state index in [1.54, 1.807) is 0 Å². The number of ether oxygens (including phenoxy) is 1. The average molecular weight is 315 g/mol. The fourth-order valence-electron chi connectivity index (χ4n) is 2.23. The van der Waals surface area contributed by atoms with Crippen molar-refractivity contribution in [1.29, 1.82) is 0 Å². The molecule has 1 aromatic carbocycles. The van der Waals surface area contributed by atoms with Gasteiger partial charge in [-0.25, -0.2) is 8.78 Å². The van der Waals surface area contributed by atoms with Crippen LogP contribution in [0.25, 0.3) is 0 Å². The number of hydrogen-bond donors (Lipinski definition) is 2. The molecular formula is C13H15F2N3O2S. The van der Waals surface area contributed by atoms with E-state index in [4.69, 9.17) is 10.5 Å². The number of likely N-dealkylation sites (N-methyl/N-ethyl adjacent to an activating group) is 1. The Morgan fingerprint density at radius 3 is 2.81 bits per heavy atom. The Hall–Kier alpha value is -1.80. The van der Waals surface area contributed by atoms with E-state index in [0.717, 1.165) is 0 Å². The molecule has 1 heterocycles. The molecule has 8 heteroatoms. The van der Waals surface area contributed by atoms with Crippen LogP contribution in [0.5, 0.6) is 0 Å². The van der Waals surface area contributed by atoms with Crippen molar-refractivity contribution in [2.75, 3.05) is 31.7 Å². The van der Waals surface area contributed by atoms with Crippen molar-refractivity contribution in [3.63, 3.8) is 0 Å². The van der Waals surface area contributed by atoms with Gasteiger partial charge in [-0.1, -0.05) is 12.2 Å². The molecule has 0 aromatic heterocycles. The highest BCUT2D eigenvalue weighted by molar-refractivity contribution is 7.80. The number of carbonyl (C=O) groups excluding carboxylic acids is 1. The highest BCUT2D eigenvalue weighted by Gasteiger charge is 2.31. The van der Waals surface area contributed by atoms with Gasteiger partial charge in [-0.3, -0.25) is 4.79 Å². The zero-order valence-electron chi connectivity index (χ0n) is 11.4. The first-order chi connectivity index (χ1) is 9.97. The Kier molecular flexibility index (Phi) is 4.69. The van der Waals surface area contributed by atoms with Crippen LogP contribution in [0.4, 0.5) is 14.5 Å². The molecule has 1 aliphatic rings. The molecule has 0 aliphatic carbocycles. The largest absolute Gasteiger partial charge is 0.389 e. The van der Waals surface area contributed by atoms with Gasteiger partial charge in [-0.2, -0.15) is 0 Å². The van der Waals surface area contributed by atoms with Gasteiger partial charge in [-0.05, 0) is 12.1 Å². The maximum atomic E-state index is 14.2. The Bertz CT molecular complexity index is 583. The predicted octanol–water partition coefficient (Wildman–Crippen LogP) is 0.550. The monoisotopic (exact) mass is 315 g/mol. The molecule has 0 spiro atoms. The van der Waals surface area contributed by atoms with Crippen LogP contribution in [0.1, 0.15) is 5.56 Å². The Morgan fingerprint density at radius 1 is 1.48 bits per heavy atom. The summed E-state index contributed by atoms with van der Waals surface area (Å²) < 4.78 is 33.4. The third-order valence-electron chi connectivity index (χ3n) is 3.31. The molecule has 1 fully saturated rings. The Labute approximate surface area is 126 Å². The number of halogens is 2. The summed E-state index contributed by atoms with van der Waals surface area (Å²) in [5.74, 6) is -2.51. The topological polar surface area (TPSA) is 67.6 Å². The molecule has 0 radical (unpaired) electrons. The van der Waals surface area contributed by atoms with Gasteiger partial charge < -0.3 is 20.7 Å². The number of anilines is 1. The fourth-order valence-corrected chi connectivity index (χ4v) is 2.38. The number of nitrogens with zero attached hydrogens (tertiary/aromatic N) is 1. The standard InChI is InChI=1S/C13H15F2N3O2S/c1-17-13(19)9-6-20-5-4-18(9)8-3-2-7(12(16)21)10(14)11(8)15/h2-3,9H,4-6H2,1H3,(H2,16,21)(H,17,19). The van der Waals surface area contributed by atoms with Crippen molar-refractivity contribution >= 4 is 28.8 Å². The lowest BCUT2D eigenvalue weighted by Gasteiger charge is -2.36. The van der Waals surface area contributed by atoms with Crippen LogP contribution in [0, 0.1) is 11.6 Å². The zero-order chi connectivity index (χ0) is 15.6. The highest BCUT2D eigenvalue weighted by Crippen LogP contribution is 2.27. The molecule has 1 amide bonds. The molecular weight excluding hydrogens is 300 g/mol. The van der Waals surface area contributed by atoms with Crippen molar-refractivity contribution in [2.24, 2.45) is 5.73 Å². The molecule has 21 heavy (non-hydrogen) atoms. The van der Waals surface area contributed by atoms with Crippen molar-refractivity contribution in [3.8, 4) is 0 Å². The fraction of sp³-hybridized carbons (Fsp3) is 0.385. The van der Waals surface area contributed by atoms with Gasteiger partial charge in [0, 0.05) is 19.2 Å². The number of carbonyl (C=O) groups is 1. The van der Waals surface area contributed by atoms with Gasteiger partial charge in [0.25, 0.3) is 0 Å². The minimum atomic E-state index is -1.11. The van der Waals surface area contributed by atoms with Gasteiger partial charge >= 0.3 is 0 Å². The van der Waals surface area contributed by atoms with Gasteiger partial charge in [0.05, 0.1) is 18.9 Å². The van der Waals surface area contributed by atoms with Crippen molar-refractivity contribution < 1.29 is 18.3 Å². The Balaban J connectivity index is 2.42. The molecule has 1 saturated heterocycles. The number of benzene rings is 1. The van der Waals surface area contributed by atoms with Crippen LogP contribution in [-0.2, 0) is 9.53 Å². The normalized spacial score (nSPS) is 18.4. The second-order valence-corrected chi connectivity index (χ2v) is 4.96. The lowest BCUT2D eigenvalue weighted by Crippen LogP contribution is -2.53. The number of hydrogen-bond acceptors (Lipinski definition) is 4. The molecule has 1 aromatic rings. The summed E-state index contributed by atoms with van der Waals surface area (Å²) >= 11 is 4.67. The summed E-state index contributed by atoms with van der Waals surface area (Å²) in [4.78, 5) is 13.1. The summed E-state index contributed by atoms with van der Waals surface area (Å²) in [5.41, 5.74) is 5.17. The quantitative estimate of drug-likeness (QED) is 0.798. The third kappa shape index (κ3) is 2.96. The molecule has 5 nitrogen and oxygen atoms in total. The van der Waals surface area contributed by atoms with Crippen LogP contribution >= 0.6 is 12.2 Å². The Morgan fingerprint density at radius 2 is 2.19 bits per heavy atom. The molecule has 1 aliphatic heterocycles. The summed E-state index contributed by atoms with van der Waals surface area (Å²) in [6, 6.07) is 1.97. The summed E-state index contributed by atoms with van der Waals surface area (Å²) in [6.07, 6.45) is 0. The van der Waals surface area contributed by atoms with Crippen LogP contribution < -0.4 is 16.0 Å². The second-order valence-electron chi connectivity index (χ2n) is 4.52. The minimum absolute atomic E-state index is 0.00981. The molecule has 1 atom stereocenters. The van der Waals surface area contributed by atoms with Crippen LogP contribution in [0.3, 0.4) is 0 Å². The second kappa shape index (κ2) is 6.31. The lowest BCUT2D eigenvalue weighted by atomic mass is 10.1. The van der Waals surface area contributed by atoms with E-state index < -0.39 is 17.7 Å². The minimum Gasteiger partial charge on any atom is -0.389 e. The summed E-state index contributed by atoms with van der Waals surface area (Å²) in [6.45, 7) is 0.713. The highest BCUT2D eigenvalue weighted by atomic mass is 32.1. The van der Waals surface area contributed by atoms with Crippen LogP contribution in [0.2, 0.25) is 0 Å². The van der Waals surface area contributed by atoms with E-state index in [1.807, 2.05) is 0 Å². The number of thiocarbonyl (C=S) groups is 1. The third-order valence-corrected chi connectivity index (χ3v) is 3.53. The van der Waals surface area contributed by atoms with E-state index in [2.05, 4.69) is 17.5 Å². The maximum absolute atomic E-state index is 14.2. The van der Waals surface area contributed by atoms with E-state index in [0.29, 0.717) is 6.61 Å². The number of nitrogens with two attached hydrogens (primary N) is 1. The molecule has 0 saturated carbocycles. The van der Waals surface area contributed by atoms with Crippen LogP contribution in [-0.4, -0.2) is 43.7 Å². The van der Waals surface area contributed by atoms with Gasteiger partial charge in [0.2, 0.25) is 5.91 Å². The molecule has 2 rings (SSSR count). The van der Waals surface area contributed by atoms with E-state index in [9.17, 15) is 13.6 Å². The first kappa shape index (κ1) is 15.6. The predicted molar refractivity (Wildman–Crippen MR) is 78.3 cm³/mol. The molecule has 114 valence electrons. The first-order valence-corrected chi connectivity index (χ1v) is 6.72. The van der Waals surface area contributed by atoms with Crippen molar-refractivity contribution in [3.05, 3.63) is 29.3 Å². The van der Waals surface area contributed by atoms with Gasteiger partial charge in [-0.15, -0.1) is 0 Å². The summed E-state index contributed by atoms with van der Waals surface area (Å²) in [7, 11) is 1.47. The maximum Gasteiger partial charge on any atom is 0.244 e. The van der Waals surface area contributed by atoms with E-state index in [1.165, 1.54) is 24.1 Å². The smallest absolute Gasteiger partial charge is 0.244 e. The molecule has 1 unspecified atom stereocenters. The van der Waals surface area contributed by atoms with Crippen LogP contribution in [0.15, 0.2) is 12.1 Å².